The summed E-state index contributed by atoms with van der Waals surface area (Å²) in [5.74, 6) is 3.13. The van der Waals surface area contributed by atoms with E-state index in [0.717, 1.165) is 40.2 Å². The SMILES string of the molecule is CCc1ncco1.CN=C(c1ccc(C(C)C)cc1)c1c(-n2c(C)nnc2C)sc(C)c1C. The first kappa shape index (κ1) is 24.6. The Morgan fingerprint density at radius 1 is 1.06 bits per heavy atom. The summed E-state index contributed by atoms with van der Waals surface area (Å²) in [7, 11) is 1.87. The lowest BCUT2D eigenvalue weighted by Gasteiger charge is -2.13. The highest BCUT2D eigenvalue weighted by Crippen LogP contribution is 2.34. The van der Waals surface area contributed by atoms with Gasteiger partial charge in [-0.15, -0.1) is 21.5 Å². The van der Waals surface area contributed by atoms with Crippen molar-refractivity contribution in [1.29, 1.82) is 0 Å². The first-order chi connectivity index (χ1) is 15.8. The van der Waals surface area contributed by atoms with Gasteiger partial charge in [-0.3, -0.25) is 9.56 Å². The maximum Gasteiger partial charge on any atom is 0.193 e. The van der Waals surface area contributed by atoms with Crippen LogP contribution in [-0.4, -0.2) is 32.5 Å². The quantitative estimate of drug-likeness (QED) is 0.322. The topological polar surface area (TPSA) is 69.1 Å². The van der Waals surface area contributed by atoms with Gasteiger partial charge in [0.2, 0.25) is 0 Å². The second-order valence-corrected chi connectivity index (χ2v) is 9.42. The van der Waals surface area contributed by atoms with Gasteiger partial charge in [-0.05, 0) is 44.7 Å². The fourth-order valence-corrected chi connectivity index (χ4v) is 4.90. The molecule has 6 nitrogen and oxygen atoms in total. The summed E-state index contributed by atoms with van der Waals surface area (Å²) >= 11 is 1.78. The molecule has 0 aliphatic carbocycles. The van der Waals surface area contributed by atoms with Crippen LogP contribution in [0.15, 0.2) is 46.1 Å². The maximum absolute atomic E-state index is 4.87. The van der Waals surface area contributed by atoms with Crippen LogP contribution in [0.3, 0.4) is 0 Å². The standard InChI is InChI=1S/C21H26N4S.C5H7NO/c1-12(2)17-8-10-18(11-9-17)20(22-7)19-13(3)14(4)26-21(19)25-15(5)23-24-16(25)6;1-2-5-6-3-4-7-5/h8-12H,1-7H3;3-4H,2H2,1H3. The molecule has 0 N–H and O–H groups in total. The summed E-state index contributed by atoms with van der Waals surface area (Å²) in [6.07, 6.45) is 4.12. The number of nitrogens with zero attached hydrogens (tertiary/aromatic N) is 5. The predicted octanol–water partition coefficient (Wildman–Crippen LogP) is 6.39. The molecule has 7 heteroatoms. The molecule has 0 aliphatic heterocycles. The lowest BCUT2D eigenvalue weighted by Crippen LogP contribution is -2.10. The minimum atomic E-state index is 0.522. The van der Waals surface area contributed by atoms with Crippen molar-refractivity contribution < 1.29 is 4.42 Å². The van der Waals surface area contributed by atoms with Crippen LogP contribution in [0.4, 0.5) is 0 Å². The smallest absolute Gasteiger partial charge is 0.193 e. The normalized spacial score (nSPS) is 11.6. The van der Waals surface area contributed by atoms with Crippen molar-refractivity contribution in [2.75, 3.05) is 7.05 Å². The zero-order chi connectivity index (χ0) is 24.1. The molecule has 174 valence electrons. The Labute approximate surface area is 200 Å². The van der Waals surface area contributed by atoms with Crippen LogP contribution >= 0.6 is 11.3 Å². The number of hydrogen-bond acceptors (Lipinski definition) is 6. The lowest BCUT2D eigenvalue weighted by molar-refractivity contribution is 0.501. The van der Waals surface area contributed by atoms with E-state index in [1.807, 2.05) is 27.8 Å². The number of benzene rings is 1. The maximum atomic E-state index is 4.87. The molecule has 0 fully saturated rings. The molecule has 4 aromatic rings. The van der Waals surface area contributed by atoms with Gasteiger partial charge >= 0.3 is 0 Å². The first-order valence-corrected chi connectivity index (χ1v) is 12.0. The molecule has 1 aromatic carbocycles. The number of thiophene rings is 1. The molecule has 4 rings (SSSR count). The molecule has 0 saturated carbocycles. The van der Waals surface area contributed by atoms with Gasteiger partial charge < -0.3 is 4.42 Å². The summed E-state index contributed by atoms with van der Waals surface area (Å²) in [5, 5.41) is 9.63. The van der Waals surface area contributed by atoms with E-state index in [2.05, 4.69) is 76.7 Å². The van der Waals surface area contributed by atoms with Gasteiger partial charge in [0.1, 0.15) is 22.9 Å². The van der Waals surface area contributed by atoms with Crippen molar-refractivity contribution in [3.63, 3.8) is 0 Å². The second-order valence-electron chi connectivity index (χ2n) is 8.22. The summed E-state index contributed by atoms with van der Waals surface area (Å²) in [6.45, 7) is 14.8. The summed E-state index contributed by atoms with van der Waals surface area (Å²) < 4.78 is 7.00. The van der Waals surface area contributed by atoms with Crippen LogP contribution in [0.5, 0.6) is 0 Å². The fourth-order valence-electron chi connectivity index (χ4n) is 3.65. The van der Waals surface area contributed by atoms with Crippen LogP contribution in [0, 0.1) is 27.7 Å². The molecule has 0 bridgehead atoms. The van der Waals surface area contributed by atoms with Crippen molar-refractivity contribution in [3.8, 4) is 5.00 Å². The largest absolute Gasteiger partial charge is 0.449 e. The van der Waals surface area contributed by atoms with E-state index in [-0.39, 0.29) is 0 Å². The van der Waals surface area contributed by atoms with Crippen molar-refractivity contribution in [1.82, 2.24) is 19.7 Å². The van der Waals surface area contributed by atoms with Crippen LogP contribution in [0.1, 0.15) is 71.4 Å². The van der Waals surface area contributed by atoms with E-state index >= 15 is 0 Å². The molecule has 33 heavy (non-hydrogen) atoms. The highest BCUT2D eigenvalue weighted by molar-refractivity contribution is 7.15. The number of aryl methyl sites for hydroxylation is 4. The Kier molecular flexibility index (Phi) is 7.97. The van der Waals surface area contributed by atoms with Gasteiger partial charge in [0.15, 0.2) is 5.89 Å². The van der Waals surface area contributed by atoms with Crippen molar-refractivity contribution >= 4 is 17.0 Å². The molecular weight excluding hydrogens is 430 g/mol. The van der Waals surface area contributed by atoms with Gasteiger partial charge in [0.25, 0.3) is 0 Å². The zero-order valence-corrected chi connectivity index (χ0v) is 21.6. The zero-order valence-electron chi connectivity index (χ0n) is 20.8. The Morgan fingerprint density at radius 3 is 2.15 bits per heavy atom. The molecule has 0 radical (unpaired) electrons. The first-order valence-electron chi connectivity index (χ1n) is 11.2. The predicted molar refractivity (Wildman–Crippen MR) is 136 cm³/mol. The lowest BCUT2D eigenvalue weighted by atomic mass is 9.96. The fraction of sp³-hybridized carbons (Fsp3) is 0.385. The third kappa shape index (κ3) is 5.30. The van der Waals surface area contributed by atoms with E-state index < -0.39 is 0 Å². The molecule has 0 saturated heterocycles. The average Bonchev–Trinajstić information content (AvgIpc) is 3.51. The summed E-state index contributed by atoms with van der Waals surface area (Å²) in [5.41, 5.74) is 5.95. The van der Waals surface area contributed by atoms with E-state index in [0.29, 0.717) is 5.92 Å². The van der Waals surface area contributed by atoms with Gasteiger partial charge in [-0.1, -0.05) is 45.0 Å². The van der Waals surface area contributed by atoms with Gasteiger partial charge in [0.05, 0.1) is 11.9 Å². The molecule has 0 spiro atoms. The van der Waals surface area contributed by atoms with Crippen molar-refractivity contribution in [3.05, 3.63) is 81.4 Å². The molecule has 0 atom stereocenters. The van der Waals surface area contributed by atoms with Crippen LogP contribution in [-0.2, 0) is 6.42 Å². The van der Waals surface area contributed by atoms with Gasteiger partial charge in [-0.2, -0.15) is 0 Å². The van der Waals surface area contributed by atoms with Crippen molar-refractivity contribution in [2.45, 2.75) is 60.8 Å². The summed E-state index contributed by atoms with van der Waals surface area (Å²) in [4.78, 5) is 9.84. The molecular formula is C26H33N5OS. The Morgan fingerprint density at radius 2 is 1.70 bits per heavy atom. The monoisotopic (exact) mass is 463 g/mol. The van der Waals surface area contributed by atoms with E-state index in [1.165, 1.54) is 21.6 Å². The van der Waals surface area contributed by atoms with Gasteiger partial charge in [0, 0.05) is 29.5 Å². The van der Waals surface area contributed by atoms with Gasteiger partial charge in [-0.25, -0.2) is 4.98 Å². The van der Waals surface area contributed by atoms with Crippen LogP contribution < -0.4 is 0 Å². The highest BCUT2D eigenvalue weighted by Gasteiger charge is 2.22. The minimum Gasteiger partial charge on any atom is -0.449 e. The number of hydrogen-bond donors (Lipinski definition) is 0. The van der Waals surface area contributed by atoms with Crippen molar-refractivity contribution in [2.24, 2.45) is 4.99 Å². The number of rotatable bonds is 5. The number of oxazole rings is 1. The summed E-state index contributed by atoms with van der Waals surface area (Å²) in [6, 6.07) is 8.77. The van der Waals surface area contributed by atoms with Crippen LogP contribution in [0.25, 0.3) is 5.00 Å². The third-order valence-electron chi connectivity index (χ3n) is 5.65. The molecule has 3 heterocycles. The number of aliphatic imine (C=N–C) groups is 1. The molecule has 0 amide bonds. The molecule has 0 aliphatic rings. The highest BCUT2D eigenvalue weighted by atomic mass is 32.1. The van der Waals surface area contributed by atoms with E-state index in [1.54, 1.807) is 23.8 Å². The third-order valence-corrected chi connectivity index (χ3v) is 6.85. The van der Waals surface area contributed by atoms with Crippen LogP contribution in [0.2, 0.25) is 0 Å². The molecule has 0 unspecified atom stereocenters. The molecule has 3 aromatic heterocycles. The number of aromatic nitrogens is 4. The van der Waals surface area contributed by atoms with E-state index in [4.69, 9.17) is 4.42 Å². The Bertz CT molecular complexity index is 1200. The average molecular weight is 464 g/mol. The Hall–Kier alpha value is -3.06. The second kappa shape index (κ2) is 10.7. The van der Waals surface area contributed by atoms with E-state index in [9.17, 15) is 0 Å². The Balaban J connectivity index is 0.000000374. The minimum absolute atomic E-state index is 0.522.